The molecule has 0 spiro atoms. The summed E-state index contributed by atoms with van der Waals surface area (Å²) in [6, 6.07) is 14.3. The van der Waals surface area contributed by atoms with Crippen LogP contribution < -0.4 is 5.32 Å². The summed E-state index contributed by atoms with van der Waals surface area (Å²) in [4.78, 5) is 23.2. The highest BCUT2D eigenvalue weighted by molar-refractivity contribution is 7.99. The highest BCUT2D eigenvalue weighted by Gasteiger charge is 2.12. The van der Waals surface area contributed by atoms with Crippen molar-refractivity contribution in [2.45, 2.75) is 9.79 Å². The van der Waals surface area contributed by atoms with Crippen molar-refractivity contribution >= 4 is 29.8 Å². The summed E-state index contributed by atoms with van der Waals surface area (Å²) in [5.74, 6) is -1.02. The molecule has 0 aromatic heterocycles. The summed E-state index contributed by atoms with van der Waals surface area (Å²) >= 11 is 1.37. The van der Waals surface area contributed by atoms with Crippen molar-refractivity contribution in [1.82, 2.24) is 0 Å². The molecule has 0 saturated carbocycles. The van der Waals surface area contributed by atoms with Gasteiger partial charge in [0.2, 0.25) is 6.41 Å². The first-order chi connectivity index (χ1) is 9.20. The molecule has 5 heteroatoms. The molecular weight excluding hydrogens is 262 g/mol. The molecule has 2 rings (SSSR count). The molecule has 0 fully saturated rings. The maximum absolute atomic E-state index is 11.2. The van der Waals surface area contributed by atoms with Gasteiger partial charge in [0.15, 0.2) is 0 Å². The van der Waals surface area contributed by atoms with Crippen molar-refractivity contribution in [2.75, 3.05) is 5.32 Å². The average molecular weight is 273 g/mol. The third kappa shape index (κ3) is 3.35. The van der Waals surface area contributed by atoms with E-state index in [4.69, 9.17) is 0 Å². The molecule has 0 bridgehead atoms. The van der Waals surface area contributed by atoms with Crippen molar-refractivity contribution in [3.8, 4) is 0 Å². The Morgan fingerprint density at radius 1 is 1.16 bits per heavy atom. The molecule has 0 atom stereocenters. The molecule has 0 aliphatic heterocycles. The van der Waals surface area contributed by atoms with Gasteiger partial charge >= 0.3 is 5.97 Å². The van der Waals surface area contributed by atoms with Crippen LogP contribution in [0.15, 0.2) is 58.3 Å². The Kier molecular flexibility index (Phi) is 4.20. The predicted molar refractivity (Wildman–Crippen MR) is 73.7 cm³/mol. The first-order valence-corrected chi connectivity index (χ1v) is 6.33. The van der Waals surface area contributed by atoms with E-state index in [2.05, 4.69) is 5.32 Å². The minimum Gasteiger partial charge on any atom is -0.478 e. The summed E-state index contributed by atoms with van der Waals surface area (Å²) in [5, 5.41) is 11.6. The molecule has 0 heterocycles. The SMILES string of the molecule is O=CNc1ccc(Sc2ccccc2)c(C(=O)O)c1. The quantitative estimate of drug-likeness (QED) is 0.821. The summed E-state index contributed by atoms with van der Waals surface area (Å²) < 4.78 is 0. The molecule has 1 amide bonds. The minimum atomic E-state index is -1.02. The third-order valence-corrected chi connectivity index (χ3v) is 3.49. The van der Waals surface area contributed by atoms with E-state index >= 15 is 0 Å². The summed E-state index contributed by atoms with van der Waals surface area (Å²) in [7, 11) is 0. The van der Waals surface area contributed by atoms with Crippen LogP contribution in [0.5, 0.6) is 0 Å². The van der Waals surface area contributed by atoms with Crippen molar-refractivity contribution in [1.29, 1.82) is 0 Å². The van der Waals surface area contributed by atoms with Gasteiger partial charge in [-0.3, -0.25) is 4.79 Å². The van der Waals surface area contributed by atoms with Crippen molar-refractivity contribution in [3.05, 3.63) is 54.1 Å². The van der Waals surface area contributed by atoms with Crippen LogP contribution in [-0.2, 0) is 4.79 Å². The number of carboxylic acid groups (broad SMARTS) is 1. The normalized spacial score (nSPS) is 9.89. The Morgan fingerprint density at radius 3 is 2.53 bits per heavy atom. The van der Waals surface area contributed by atoms with Gasteiger partial charge in [-0.2, -0.15) is 0 Å². The monoisotopic (exact) mass is 273 g/mol. The van der Waals surface area contributed by atoms with Crippen LogP contribution in [0.3, 0.4) is 0 Å². The number of carbonyl (C=O) groups excluding carboxylic acids is 1. The largest absolute Gasteiger partial charge is 0.478 e. The Morgan fingerprint density at radius 2 is 1.89 bits per heavy atom. The third-order valence-electron chi connectivity index (χ3n) is 2.41. The fourth-order valence-corrected chi connectivity index (χ4v) is 2.50. The fraction of sp³-hybridized carbons (Fsp3) is 0. The number of anilines is 1. The molecule has 0 aliphatic rings. The molecule has 19 heavy (non-hydrogen) atoms. The maximum atomic E-state index is 11.2. The van der Waals surface area contributed by atoms with E-state index in [9.17, 15) is 14.7 Å². The summed E-state index contributed by atoms with van der Waals surface area (Å²) in [6.45, 7) is 0. The zero-order chi connectivity index (χ0) is 13.7. The van der Waals surface area contributed by atoms with Crippen LogP contribution in [0.1, 0.15) is 10.4 Å². The van der Waals surface area contributed by atoms with Crippen molar-refractivity contribution in [2.24, 2.45) is 0 Å². The minimum absolute atomic E-state index is 0.167. The smallest absolute Gasteiger partial charge is 0.336 e. The van der Waals surface area contributed by atoms with E-state index in [1.807, 2.05) is 30.3 Å². The number of aromatic carboxylic acids is 1. The second-order valence-electron chi connectivity index (χ2n) is 3.69. The van der Waals surface area contributed by atoms with Gasteiger partial charge in [-0.25, -0.2) is 4.79 Å². The second-order valence-corrected chi connectivity index (χ2v) is 4.81. The molecule has 4 nitrogen and oxygen atoms in total. The van der Waals surface area contributed by atoms with Crippen LogP contribution in [-0.4, -0.2) is 17.5 Å². The zero-order valence-electron chi connectivity index (χ0n) is 9.87. The number of benzene rings is 2. The van der Waals surface area contributed by atoms with Crippen LogP contribution in [0, 0.1) is 0 Å². The van der Waals surface area contributed by atoms with Gasteiger partial charge in [-0.1, -0.05) is 30.0 Å². The van der Waals surface area contributed by atoms with Gasteiger partial charge in [-0.15, -0.1) is 0 Å². The number of carbonyl (C=O) groups is 2. The van der Waals surface area contributed by atoms with Gasteiger partial charge in [0, 0.05) is 15.5 Å². The van der Waals surface area contributed by atoms with Gasteiger partial charge in [0.05, 0.1) is 5.56 Å². The number of amides is 1. The van der Waals surface area contributed by atoms with Crippen LogP contribution in [0.4, 0.5) is 5.69 Å². The van der Waals surface area contributed by atoms with Crippen LogP contribution >= 0.6 is 11.8 Å². The van der Waals surface area contributed by atoms with E-state index in [0.29, 0.717) is 17.0 Å². The number of carboxylic acids is 1. The maximum Gasteiger partial charge on any atom is 0.336 e. The molecule has 96 valence electrons. The topological polar surface area (TPSA) is 66.4 Å². The molecular formula is C14H11NO3S. The Hall–Kier alpha value is -2.27. The van der Waals surface area contributed by atoms with E-state index in [-0.39, 0.29) is 5.56 Å². The lowest BCUT2D eigenvalue weighted by Gasteiger charge is -2.08. The molecule has 0 aliphatic carbocycles. The molecule has 0 radical (unpaired) electrons. The van der Waals surface area contributed by atoms with E-state index < -0.39 is 5.97 Å². The standard InChI is InChI=1S/C14H11NO3S/c16-9-15-10-6-7-13(12(8-10)14(17)18)19-11-4-2-1-3-5-11/h1-9H,(H,15,16)(H,17,18). The number of nitrogens with one attached hydrogen (secondary N) is 1. The van der Waals surface area contributed by atoms with Gasteiger partial charge in [-0.05, 0) is 30.3 Å². The lowest BCUT2D eigenvalue weighted by molar-refractivity contribution is -0.105. The molecule has 2 aromatic carbocycles. The summed E-state index contributed by atoms with van der Waals surface area (Å²) in [6.07, 6.45) is 0.519. The Bertz CT molecular complexity index is 599. The lowest BCUT2D eigenvalue weighted by atomic mass is 10.2. The van der Waals surface area contributed by atoms with Gasteiger partial charge in [0.1, 0.15) is 0 Å². The average Bonchev–Trinajstić information content (AvgIpc) is 2.42. The van der Waals surface area contributed by atoms with E-state index in [1.165, 1.54) is 17.8 Å². The number of hydrogen-bond donors (Lipinski definition) is 2. The molecule has 0 saturated heterocycles. The predicted octanol–water partition coefficient (Wildman–Crippen LogP) is 3.10. The van der Waals surface area contributed by atoms with E-state index in [1.54, 1.807) is 12.1 Å². The summed E-state index contributed by atoms with van der Waals surface area (Å²) in [5.41, 5.74) is 0.630. The Labute approximate surface area is 114 Å². The first-order valence-electron chi connectivity index (χ1n) is 5.51. The molecule has 0 unspecified atom stereocenters. The highest BCUT2D eigenvalue weighted by atomic mass is 32.2. The first kappa shape index (κ1) is 13.2. The van der Waals surface area contributed by atoms with E-state index in [0.717, 1.165) is 4.90 Å². The van der Waals surface area contributed by atoms with Gasteiger partial charge < -0.3 is 10.4 Å². The van der Waals surface area contributed by atoms with Crippen molar-refractivity contribution < 1.29 is 14.7 Å². The van der Waals surface area contributed by atoms with Crippen LogP contribution in [0.25, 0.3) is 0 Å². The van der Waals surface area contributed by atoms with Gasteiger partial charge in [0.25, 0.3) is 0 Å². The molecule has 2 aromatic rings. The van der Waals surface area contributed by atoms with Crippen LogP contribution in [0.2, 0.25) is 0 Å². The zero-order valence-corrected chi connectivity index (χ0v) is 10.7. The molecule has 2 N–H and O–H groups in total. The lowest BCUT2D eigenvalue weighted by Crippen LogP contribution is -2.01. The number of rotatable bonds is 5. The second kappa shape index (κ2) is 6.06. The highest BCUT2D eigenvalue weighted by Crippen LogP contribution is 2.31. The van der Waals surface area contributed by atoms with Crippen molar-refractivity contribution in [3.63, 3.8) is 0 Å². The fourth-order valence-electron chi connectivity index (χ4n) is 1.56. The Balaban J connectivity index is 2.34. The number of hydrogen-bond acceptors (Lipinski definition) is 3.